The summed E-state index contributed by atoms with van der Waals surface area (Å²) in [7, 11) is 0. The fourth-order valence-corrected chi connectivity index (χ4v) is 3.59. The largest absolute Gasteiger partial charge is 0.398 e. The van der Waals surface area contributed by atoms with E-state index in [0.717, 1.165) is 22.4 Å². The second kappa shape index (κ2) is 11.5. The van der Waals surface area contributed by atoms with Crippen LogP contribution in [0.15, 0.2) is 76.4 Å². The summed E-state index contributed by atoms with van der Waals surface area (Å²) < 4.78 is 0. The average molecular weight is 380 g/mol. The second-order valence-electron chi connectivity index (χ2n) is 7.55. The van der Waals surface area contributed by atoms with Crippen LogP contribution in [0.25, 0.3) is 0 Å². The predicted molar refractivity (Wildman–Crippen MR) is 130 cm³/mol. The van der Waals surface area contributed by atoms with E-state index >= 15 is 0 Å². The lowest BCUT2D eigenvalue weighted by atomic mass is 9.74. The summed E-state index contributed by atoms with van der Waals surface area (Å²) >= 11 is 0. The van der Waals surface area contributed by atoms with Crippen molar-refractivity contribution >= 4 is 5.69 Å². The van der Waals surface area contributed by atoms with Crippen LogP contribution in [0.2, 0.25) is 0 Å². The van der Waals surface area contributed by atoms with Crippen LogP contribution in [-0.2, 0) is 0 Å². The SMILES string of the molecule is C=C(C)C(=C(C)C)C(/C(C(=C)C)=C(C)/C(C)=C\C)c1ccc(C)cc1N.CC. The van der Waals surface area contributed by atoms with Gasteiger partial charge < -0.3 is 5.73 Å². The standard InChI is InChI=1S/C25H35N.C2H6/c1-11-19(9)20(10)24(17(6)7)25(23(15(2)3)16(4)5)21-13-12-18(8)14-22(21)26;1-2/h11-14,25H,2,6,26H2,1,3-5,7-10H3;1-2H3/b19-11-,24-20+;. The number of hydrogen-bond acceptors (Lipinski definition) is 1. The van der Waals surface area contributed by atoms with Gasteiger partial charge in [0.1, 0.15) is 0 Å². The molecule has 0 aliphatic rings. The molecule has 1 aromatic carbocycles. The van der Waals surface area contributed by atoms with Gasteiger partial charge in [0, 0.05) is 11.6 Å². The zero-order chi connectivity index (χ0) is 22.2. The first-order chi connectivity index (χ1) is 13.0. The van der Waals surface area contributed by atoms with E-state index in [2.05, 4.69) is 92.8 Å². The lowest BCUT2D eigenvalue weighted by Crippen LogP contribution is -2.14. The highest BCUT2D eigenvalue weighted by molar-refractivity contribution is 5.63. The van der Waals surface area contributed by atoms with Crippen LogP contribution in [0, 0.1) is 6.92 Å². The zero-order valence-electron chi connectivity index (χ0n) is 19.9. The highest BCUT2D eigenvalue weighted by Crippen LogP contribution is 2.44. The van der Waals surface area contributed by atoms with E-state index in [-0.39, 0.29) is 5.92 Å². The van der Waals surface area contributed by atoms with Crippen molar-refractivity contribution in [2.45, 2.75) is 75.2 Å². The first-order valence-electron chi connectivity index (χ1n) is 10.2. The number of nitrogen functional groups attached to an aromatic ring is 1. The maximum Gasteiger partial charge on any atom is 0.0367 e. The number of rotatable bonds is 6. The van der Waals surface area contributed by atoms with Gasteiger partial charge >= 0.3 is 0 Å². The van der Waals surface area contributed by atoms with Gasteiger partial charge in [-0.1, -0.05) is 67.5 Å². The number of benzene rings is 1. The number of anilines is 1. The third-order valence-corrected chi connectivity index (χ3v) is 5.02. The number of nitrogens with two attached hydrogens (primary N) is 1. The quantitative estimate of drug-likeness (QED) is 0.389. The number of aryl methyl sites for hydroxylation is 1. The summed E-state index contributed by atoms with van der Waals surface area (Å²) in [4.78, 5) is 0. The summed E-state index contributed by atoms with van der Waals surface area (Å²) in [5, 5.41) is 0. The van der Waals surface area contributed by atoms with Crippen LogP contribution in [0.1, 0.15) is 79.4 Å². The molecule has 0 heterocycles. The molecule has 0 spiro atoms. The third-order valence-electron chi connectivity index (χ3n) is 5.02. The molecule has 28 heavy (non-hydrogen) atoms. The Morgan fingerprint density at radius 2 is 1.43 bits per heavy atom. The lowest BCUT2D eigenvalue weighted by molar-refractivity contribution is 0.902. The molecular formula is C27H41N. The Kier molecular flexibility index (Phi) is 10.6. The van der Waals surface area contributed by atoms with Gasteiger partial charge in [-0.05, 0) is 89.3 Å². The molecule has 0 saturated carbocycles. The van der Waals surface area contributed by atoms with Crippen molar-refractivity contribution in [3.8, 4) is 0 Å². The van der Waals surface area contributed by atoms with E-state index in [4.69, 9.17) is 5.73 Å². The van der Waals surface area contributed by atoms with Crippen LogP contribution in [0.4, 0.5) is 5.69 Å². The zero-order valence-corrected chi connectivity index (χ0v) is 19.9. The van der Waals surface area contributed by atoms with Gasteiger partial charge in [-0.25, -0.2) is 0 Å². The molecule has 0 fully saturated rings. The van der Waals surface area contributed by atoms with E-state index in [1.165, 1.54) is 33.4 Å². The molecule has 0 aliphatic carbocycles. The van der Waals surface area contributed by atoms with E-state index in [9.17, 15) is 0 Å². The smallest absolute Gasteiger partial charge is 0.0367 e. The van der Waals surface area contributed by atoms with Gasteiger partial charge in [-0.15, -0.1) is 0 Å². The molecule has 0 aromatic heterocycles. The first-order valence-corrected chi connectivity index (χ1v) is 10.2. The number of allylic oxidation sites excluding steroid dienone is 8. The summed E-state index contributed by atoms with van der Waals surface area (Å²) in [5.41, 5.74) is 18.0. The monoisotopic (exact) mass is 379 g/mol. The predicted octanol–water partition coefficient (Wildman–Crippen LogP) is 8.46. The van der Waals surface area contributed by atoms with E-state index < -0.39 is 0 Å². The molecule has 0 aliphatic heterocycles. The van der Waals surface area contributed by atoms with Crippen LogP contribution in [-0.4, -0.2) is 0 Å². The molecule has 154 valence electrons. The van der Waals surface area contributed by atoms with Crippen molar-refractivity contribution < 1.29 is 0 Å². The van der Waals surface area contributed by atoms with Gasteiger partial charge in [0.15, 0.2) is 0 Å². The molecule has 2 N–H and O–H groups in total. The normalized spacial score (nSPS) is 13.0. The minimum atomic E-state index is 0.0329. The van der Waals surface area contributed by atoms with Crippen molar-refractivity contribution in [1.29, 1.82) is 0 Å². The Morgan fingerprint density at radius 3 is 1.79 bits per heavy atom. The highest BCUT2D eigenvalue weighted by Gasteiger charge is 2.27. The van der Waals surface area contributed by atoms with Gasteiger partial charge in [0.2, 0.25) is 0 Å². The van der Waals surface area contributed by atoms with Crippen molar-refractivity contribution in [2.24, 2.45) is 0 Å². The second-order valence-corrected chi connectivity index (χ2v) is 7.55. The molecule has 1 atom stereocenters. The molecule has 0 amide bonds. The van der Waals surface area contributed by atoms with Crippen molar-refractivity contribution in [2.75, 3.05) is 5.73 Å². The molecule has 1 heteroatoms. The minimum absolute atomic E-state index is 0.0329. The van der Waals surface area contributed by atoms with Crippen molar-refractivity contribution in [3.05, 3.63) is 87.6 Å². The highest BCUT2D eigenvalue weighted by atomic mass is 14.6. The third kappa shape index (κ3) is 6.12. The van der Waals surface area contributed by atoms with E-state index in [0.29, 0.717) is 0 Å². The maximum absolute atomic E-state index is 6.49. The maximum atomic E-state index is 6.49. The van der Waals surface area contributed by atoms with E-state index in [1.807, 2.05) is 13.8 Å². The van der Waals surface area contributed by atoms with Crippen LogP contribution < -0.4 is 5.73 Å². The van der Waals surface area contributed by atoms with Crippen molar-refractivity contribution in [1.82, 2.24) is 0 Å². The fourth-order valence-electron chi connectivity index (χ4n) is 3.59. The van der Waals surface area contributed by atoms with Crippen LogP contribution >= 0.6 is 0 Å². The van der Waals surface area contributed by atoms with Gasteiger partial charge in [-0.2, -0.15) is 0 Å². The summed E-state index contributed by atoms with van der Waals surface area (Å²) in [5.74, 6) is 0.0329. The Labute approximate surface area is 174 Å². The summed E-state index contributed by atoms with van der Waals surface area (Å²) in [6.07, 6.45) is 2.15. The average Bonchev–Trinajstić information content (AvgIpc) is 2.61. The van der Waals surface area contributed by atoms with Crippen molar-refractivity contribution in [3.63, 3.8) is 0 Å². The van der Waals surface area contributed by atoms with E-state index in [1.54, 1.807) is 0 Å². The Hall–Kier alpha value is -2.28. The molecular weight excluding hydrogens is 338 g/mol. The summed E-state index contributed by atoms with van der Waals surface area (Å²) in [6.45, 7) is 29.5. The van der Waals surface area contributed by atoms with Gasteiger partial charge in [-0.3, -0.25) is 0 Å². The molecule has 1 aromatic rings. The number of hydrogen-bond donors (Lipinski definition) is 1. The summed E-state index contributed by atoms with van der Waals surface area (Å²) in [6, 6.07) is 6.34. The van der Waals surface area contributed by atoms with Crippen LogP contribution in [0.5, 0.6) is 0 Å². The molecule has 1 rings (SSSR count). The first kappa shape index (κ1) is 25.7. The molecule has 1 nitrogen and oxygen atoms in total. The van der Waals surface area contributed by atoms with Crippen LogP contribution in [0.3, 0.4) is 0 Å². The Balaban J connectivity index is 0.00000352. The van der Waals surface area contributed by atoms with Gasteiger partial charge in [0.25, 0.3) is 0 Å². The minimum Gasteiger partial charge on any atom is -0.398 e. The fraction of sp³-hybridized carbons (Fsp3) is 0.407. The molecule has 0 radical (unpaired) electrons. The Bertz CT molecular complexity index is 809. The molecule has 0 bridgehead atoms. The molecule has 1 unspecified atom stereocenters. The topological polar surface area (TPSA) is 26.0 Å². The molecule has 0 saturated heterocycles. The lowest BCUT2D eigenvalue weighted by Gasteiger charge is -2.30. The Morgan fingerprint density at radius 1 is 0.929 bits per heavy atom. The van der Waals surface area contributed by atoms with Gasteiger partial charge in [0.05, 0.1) is 0 Å².